The lowest BCUT2D eigenvalue weighted by atomic mass is 9.88. The first-order chi connectivity index (χ1) is 11.2. The van der Waals surface area contributed by atoms with E-state index in [4.69, 9.17) is 4.74 Å². The fourth-order valence-corrected chi connectivity index (χ4v) is 4.75. The number of carbonyl (C=O) groups excluding carboxylic acids is 1. The molecule has 0 aromatic carbocycles. The van der Waals surface area contributed by atoms with E-state index in [1.807, 2.05) is 4.90 Å². The maximum absolute atomic E-state index is 12.4. The maximum atomic E-state index is 12.4. The summed E-state index contributed by atoms with van der Waals surface area (Å²) < 4.78 is 5.97. The molecule has 1 aromatic heterocycles. The SMILES string of the molecule is CC1CCCCC1OCCNC(=O)N1CCc2sccc2C1C. The summed E-state index contributed by atoms with van der Waals surface area (Å²) in [5.74, 6) is 0.651. The van der Waals surface area contributed by atoms with E-state index in [2.05, 4.69) is 30.6 Å². The molecule has 2 amide bonds. The molecule has 1 saturated carbocycles. The third-order valence-corrected chi connectivity index (χ3v) is 6.28. The van der Waals surface area contributed by atoms with E-state index in [9.17, 15) is 4.79 Å². The van der Waals surface area contributed by atoms with Crippen LogP contribution in [0, 0.1) is 5.92 Å². The molecule has 0 radical (unpaired) electrons. The molecule has 128 valence electrons. The number of nitrogens with one attached hydrogen (secondary N) is 1. The summed E-state index contributed by atoms with van der Waals surface area (Å²) in [6.07, 6.45) is 6.39. The fourth-order valence-electron chi connectivity index (χ4n) is 3.79. The summed E-state index contributed by atoms with van der Waals surface area (Å²) >= 11 is 1.80. The van der Waals surface area contributed by atoms with Gasteiger partial charge >= 0.3 is 6.03 Å². The zero-order valence-corrected chi connectivity index (χ0v) is 15.0. The molecule has 1 fully saturated rings. The van der Waals surface area contributed by atoms with Gasteiger partial charge in [-0.3, -0.25) is 0 Å². The fraction of sp³-hybridized carbons (Fsp3) is 0.722. The Hall–Kier alpha value is -1.07. The summed E-state index contributed by atoms with van der Waals surface area (Å²) in [5.41, 5.74) is 1.31. The topological polar surface area (TPSA) is 41.6 Å². The van der Waals surface area contributed by atoms with Gasteiger partial charge in [0.25, 0.3) is 0 Å². The third-order valence-electron chi connectivity index (χ3n) is 5.28. The molecular weight excluding hydrogens is 308 g/mol. The van der Waals surface area contributed by atoms with Crippen molar-refractivity contribution in [2.75, 3.05) is 19.7 Å². The minimum absolute atomic E-state index is 0.0367. The van der Waals surface area contributed by atoms with Gasteiger partial charge in [0.1, 0.15) is 0 Å². The van der Waals surface area contributed by atoms with Crippen molar-refractivity contribution in [2.45, 2.75) is 58.1 Å². The van der Waals surface area contributed by atoms with Crippen LogP contribution in [-0.2, 0) is 11.2 Å². The van der Waals surface area contributed by atoms with Crippen LogP contribution in [0.2, 0.25) is 0 Å². The highest BCUT2D eigenvalue weighted by Gasteiger charge is 2.28. The first-order valence-electron chi connectivity index (χ1n) is 8.89. The van der Waals surface area contributed by atoms with E-state index in [0.717, 1.165) is 13.0 Å². The molecule has 4 nitrogen and oxygen atoms in total. The molecule has 0 spiro atoms. The van der Waals surface area contributed by atoms with E-state index >= 15 is 0 Å². The Morgan fingerprint density at radius 2 is 2.22 bits per heavy atom. The van der Waals surface area contributed by atoms with Gasteiger partial charge in [-0.2, -0.15) is 0 Å². The monoisotopic (exact) mass is 336 g/mol. The molecule has 23 heavy (non-hydrogen) atoms. The second-order valence-corrected chi connectivity index (χ2v) is 7.82. The summed E-state index contributed by atoms with van der Waals surface area (Å²) in [5, 5.41) is 5.15. The van der Waals surface area contributed by atoms with Crippen LogP contribution in [0.3, 0.4) is 0 Å². The second kappa shape index (κ2) is 7.67. The lowest BCUT2D eigenvalue weighted by Crippen LogP contribution is -2.45. The molecule has 3 atom stereocenters. The Balaban J connectivity index is 1.41. The van der Waals surface area contributed by atoms with Crippen molar-refractivity contribution in [3.05, 3.63) is 21.9 Å². The first kappa shape index (κ1) is 16.8. The number of urea groups is 1. The van der Waals surface area contributed by atoms with Crippen molar-refractivity contribution in [2.24, 2.45) is 5.92 Å². The lowest BCUT2D eigenvalue weighted by Gasteiger charge is -2.34. The normalized spacial score (nSPS) is 27.6. The Morgan fingerprint density at radius 1 is 1.39 bits per heavy atom. The number of hydrogen-bond acceptors (Lipinski definition) is 3. The van der Waals surface area contributed by atoms with Crippen molar-refractivity contribution in [3.63, 3.8) is 0 Å². The largest absolute Gasteiger partial charge is 0.376 e. The number of amides is 2. The number of fused-ring (bicyclic) bond motifs is 1. The zero-order valence-electron chi connectivity index (χ0n) is 14.2. The van der Waals surface area contributed by atoms with E-state index in [1.54, 1.807) is 11.3 Å². The average molecular weight is 337 g/mol. The molecule has 3 unspecified atom stereocenters. The van der Waals surface area contributed by atoms with Gasteiger partial charge in [-0.1, -0.05) is 19.8 Å². The number of ether oxygens (including phenoxy) is 1. The molecular formula is C18H28N2O2S. The third kappa shape index (κ3) is 3.89. The van der Waals surface area contributed by atoms with E-state index in [-0.39, 0.29) is 12.1 Å². The van der Waals surface area contributed by atoms with Gasteiger partial charge < -0.3 is 15.0 Å². The van der Waals surface area contributed by atoms with Gasteiger partial charge in [0.2, 0.25) is 0 Å². The van der Waals surface area contributed by atoms with Gasteiger partial charge in [0, 0.05) is 18.0 Å². The molecule has 0 bridgehead atoms. The quantitative estimate of drug-likeness (QED) is 0.845. The Morgan fingerprint density at radius 3 is 3.04 bits per heavy atom. The minimum atomic E-state index is 0.0367. The van der Waals surface area contributed by atoms with E-state index in [1.165, 1.54) is 36.1 Å². The van der Waals surface area contributed by atoms with Crippen LogP contribution in [0.1, 0.15) is 56.0 Å². The minimum Gasteiger partial charge on any atom is -0.376 e. The molecule has 2 aliphatic rings. The maximum Gasteiger partial charge on any atom is 0.317 e. The van der Waals surface area contributed by atoms with Gasteiger partial charge in [0.05, 0.1) is 18.8 Å². The van der Waals surface area contributed by atoms with E-state index < -0.39 is 0 Å². The molecule has 0 saturated heterocycles. The summed E-state index contributed by atoms with van der Waals surface area (Å²) in [7, 11) is 0. The Bertz CT molecular complexity index is 531. The second-order valence-electron chi connectivity index (χ2n) is 6.82. The van der Waals surface area contributed by atoms with Crippen LogP contribution < -0.4 is 5.32 Å². The predicted molar refractivity (Wildman–Crippen MR) is 93.9 cm³/mol. The van der Waals surface area contributed by atoms with Crippen LogP contribution >= 0.6 is 11.3 Å². The lowest BCUT2D eigenvalue weighted by molar-refractivity contribution is -0.00282. The van der Waals surface area contributed by atoms with Crippen molar-refractivity contribution < 1.29 is 9.53 Å². The number of rotatable bonds is 4. The van der Waals surface area contributed by atoms with Gasteiger partial charge in [-0.15, -0.1) is 11.3 Å². The predicted octanol–water partition coefficient (Wildman–Crippen LogP) is 3.97. The smallest absolute Gasteiger partial charge is 0.317 e. The molecule has 1 aliphatic heterocycles. The number of thiophene rings is 1. The van der Waals surface area contributed by atoms with Crippen molar-refractivity contribution in [1.82, 2.24) is 10.2 Å². The van der Waals surface area contributed by atoms with E-state index in [0.29, 0.717) is 25.2 Å². The molecule has 3 rings (SSSR count). The van der Waals surface area contributed by atoms with Gasteiger partial charge in [0.15, 0.2) is 0 Å². The highest BCUT2D eigenvalue weighted by atomic mass is 32.1. The van der Waals surface area contributed by atoms with Crippen molar-refractivity contribution in [1.29, 1.82) is 0 Å². The summed E-state index contributed by atoms with van der Waals surface area (Å²) in [4.78, 5) is 15.8. The highest BCUT2D eigenvalue weighted by Crippen LogP contribution is 2.32. The number of hydrogen-bond donors (Lipinski definition) is 1. The summed E-state index contributed by atoms with van der Waals surface area (Å²) in [6.45, 7) is 6.41. The van der Waals surface area contributed by atoms with Gasteiger partial charge in [-0.25, -0.2) is 4.79 Å². The van der Waals surface area contributed by atoms with Crippen LogP contribution in [0.15, 0.2) is 11.4 Å². The molecule has 1 aliphatic carbocycles. The average Bonchev–Trinajstić information content (AvgIpc) is 3.03. The number of carbonyl (C=O) groups is 1. The molecule has 1 N–H and O–H groups in total. The van der Waals surface area contributed by atoms with Crippen LogP contribution in [0.5, 0.6) is 0 Å². The van der Waals surface area contributed by atoms with Crippen molar-refractivity contribution >= 4 is 17.4 Å². The molecule has 5 heteroatoms. The molecule has 1 aromatic rings. The Kier molecular flexibility index (Phi) is 5.59. The summed E-state index contributed by atoms with van der Waals surface area (Å²) in [6, 6.07) is 2.36. The van der Waals surface area contributed by atoms with Crippen LogP contribution in [-0.4, -0.2) is 36.7 Å². The molecule has 2 heterocycles. The Labute approximate surface area is 143 Å². The highest BCUT2D eigenvalue weighted by molar-refractivity contribution is 7.10. The number of nitrogens with zero attached hydrogens (tertiary/aromatic N) is 1. The first-order valence-corrected chi connectivity index (χ1v) is 9.77. The standard InChI is InChI=1S/C18H28N2O2S/c1-13-5-3-4-6-16(13)22-11-9-19-18(21)20-10-7-17-15(14(20)2)8-12-23-17/h8,12-14,16H,3-7,9-11H2,1-2H3,(H,19,21). The van der Waals surface area contributed by atoms with Gasteiger partial charge in [-0.05, 0) is 49.1 Å². The van der Waals surface area contributed by atoms with Crippen molar-refractivity contribution in [3.8, 4) is 0 Å². The van der Waals surface area contributed by atoms with Crippen LogP contribution in [0.25, 0.3) is 0 Å². The zero-order chi connectivity index (χ0) is 16.2. The van der Waals surface area contributed by atoms with Crippen LogP contribution in [0.4, 0.5) is 4.79 Å².